The highest BCUT2D eigenvalue weighted by molar-refractivity contribution is 8.00. The van der Waals surface area contributed by atoms with Crippen LogP contribution in [0.3, 0.4) is 0 Å². The smallest absolute Gasteiger partial charge is 0.233 e. The predicted octanol–water partition coefficient (Wildman–Crippen LogP) is 2.18. The highest BCUT2D eigenvalue weighted by atomic mass is 32.2. The number of rotatable bonds is 5. The Bertz CT molecular complexity index is 362. The minimum Gasteiger partial charge on any atom is -0.392 e. The predicted molar refractivity (Wildman–Crippen MR) is 71.0 cm³/mol. The summed E-state index contributed by atoms with van der Waals surface area (Å²) in [5, 5.41) is 11.7. The fourth-order valence-electron chi connectivity index (χ4n) is 1.33. The second-order valence-corrected chi connectivity index (χ2v) is 5.64. The van der Waals surface area contributed by atoms with Gasteiger partial charge in [-0.25, -0.2) is 0 Å². The van der Waals surface area contributed by atoms with Crippen molar-refractivity contribution in [3.8, 4) is 0 Å². The van der Waals surface area contributed by atoms with E-state index in [1.54, 1.807) is 0 Å². The molecular formula is C13H19NO2S. The second kappa shape index (κ2) is 6.67. The van der Waals surface area contributed by atoms with E-state index in [2.05, 4.69) is 5.32 Å². The summed E-state index contributed by atoms with van der Waals surface area (Å²) >= 11 is 1.52. The first kappa shape index (κ1) is 14.1. The van der Waals surface area contributed by atoms with Crippen molar-refractivity contribution >= 4 is 17.7 Å². The Hall–Kier alpha value is -1.00. The molecule has 17 heavy (non-hydrogen) atoms. The molecule has 0 fully saturated rings. The lowest BCUT2D eigenvalue weighted by Gasteiger charge is -2.14. The highest BCUT2D eigenvalue weighted by Gasteiger charge is 2.14. The number of nitrogens with one attached hydrogen (secondary N) is 1. The Morgan fingerprint density at radius 1 is 1.29 bits per heavy atom. The molecule has 0 saturated heterocycles. The molecule has 0 bridgehead atoms. The molecule has 3 nitrogen and oxygen atoms in total. The minimum absolute atomic E-state index is 0.0499. The number of hydrogen-bond acceptors (Lipinski definition) is 3. The van der Waals surface area contributed by atoms with Crippen LogP contribution in [0.2, 0.25) is 0 Å². The summed E-state index contributed by atoms with van der Waals surface area (Å²) in [6, 6.07) is 7.76. The molecule has 2 N–H and O–H groups in total. The van der Waals surface area contributed by atoms with Gasteiger partial charge in [-0.05, 0) is 38.5 Å². The number of thioether (sulfide) groups is 1. The molecule has 0 aliphatic heterocycles. The molecule has 1 unspecified atom stereocenters. The fourth-order valence-corrected chi connectivity index (χ4v) is 2.21. The number of aliphatic hydroxyl groups excluding tert-OH is 1. The summed E-state index contributed by atoms with van der Waals surface area (Å²) in [5.41, 5.74) is 0.883. The van der Waals surface area contributed by atoms with Crippen LogP contribution in [0.5, 0.6) is 0 Å². The molecule has 1 atom stereocenters. The Kier molecular flexibility index (Phi) is 5.51. The van der Waals surface area contributed by atoms with Crippen LogP contribution >= 0.6 is 11.8 Å². The van der Waals surface area contributed by atoms with Crippen molar-refractivity contribution < 1.29 is 9.90 Å². The quantitative estimate of drug-likeness (QED) is 0.791. The van der Waals surface area contributed by atoms with Crippen molar-refractivity contribution in [1.29, 1.82) is 0 Å². The molecule has 0 aliphatic rings. The third-order valence-electron chi connectivity index (χ3n) is 2.22. The third kappa shape index (κ3) is 4.79. The fraction of sp³-hybridized carbons (Fsp3) is 0.462. The summed E-state index contributed by atoms with van der Waals surface area (Å²) in [6.45, 7) is 5.84. The summed E-state index contributed by atoms with van der Waals surface area (Å²) in [6.07, 6.45) is 0. The summed E-state index contributed by atoms with van der Waals surface area (Å²) < 4.78 is 0. The first-order valence-electron chi connectivity index (χ1n) is 5.69. The number of benzene rings is 1. The van der Waals surface area contributed by atoms with E-state index >= 15 is 0 Å². The molecule has 0 aliphatic carbocycles. The Balaban J connectivity index is 2.55. The molecule has 0 spiro atoms. The van der Waals surface area contributed by atoms with Crippen molar-refractivity contribution in [2.24, 2.45) is 0 Å². The summed E-state index contributed by atoms with van der Waals surface area (Å²) in [4.78, 5) is 12.7. The highest BCUT2D eigenvalue weighted by Crippen LogP contribution is 2.23. The van der Waals surface area contributed by atoms with E-state index in [0.717, 1.165) is 10.5 Å². The first-order valence-corrected chi connectivity index (χ1v) is 6.57. The number of amides is 1. The number of carbonyl (C=O) groups excluding carboxylic acids is 1. The SMILES string of the molecule is CC(C)NC(=O)C(C)Sc1ccc(CO)cc1. The lowest BCUT2D eigenvalue weighted by Crippen LogP contribution is -2.35. The van der Waals surface area contributed by atoms with Gasteiger partial charge in [0.25, 0.3) is 0 Å². The molecule has 4 heteroatoms. The van der Waals surface area contributed by atoms with Gasteiger partial charge in [-0.2, -0.15) is 0 Å². The third-order valence-corrected chi connectivity index (χ3v) is 3.33. The van der Waals surface area contributed by atoms with Gasteiger partial charge in [0.05, 0.1) is 11.9 Å². The van der Waals surface area contributed by atoms with Crippen molar-refractivity contribution in [3.05, 3.63) is 29.8 Å². The Labute approximate surface area is 107 Å². The van der Waals surface area contributed by atoms with Crippen LogP contribution in [0.1, 0.15) is 26.3 Å². The first-order chi connectivity index (χ1) is 8.02. The van der Waals surface area contributed by atoms with Gasteiger partial charge in [0, 0.05) is 10.9 Å². The topological polar surface area (TPSA) is 49.3 Å². The maximum absolute atomic E-state index is 11.7. The van der Waals surface area contributed by atoms with Gasteiger partial charge < -0.3 is 10.4 Å². The van der Waals surface area contributed by atoms with Gasteiger partial charge in [-0.15, -0.1) is 11.8 Å². The van der Waals surface area contributed by atoms with Crippen LogP contribution in [-0.4, -0.2) is 22.3 Å². The molecule has 1 amide bonds. The lowest BCUT2D eigenvalue weighted by molar-refractivity contribution is -0.120. The lowest BCUT2D eigenvalue weighted by atomic mass is 10.2. The van der Waals surface area contributed by atoms with E-state index in [1.165, 1.54) is 11.8 Å². The van der Waals surface area contributed by atoms with Crippen LogP contribution in [0, 0.1) is 0 Å². The number of aliphatic hydroxyl groups is 1. The van der Waals surface area contributed by atoms with Crippen molar-refractivity contribution in [3.63, 3.8) is 0 Å². The normalized spacial score (nSPS) is 12.5. The van der Waals surface area contributed by atoms with Crippen LogP contribution in [-0.2, 0) is 11.4 Å². The molecule has 0 aromatic heterocycles. The largest absolute Gasteiger partial charge is 0.392 e. The van der Waals surface area contributed by atoms with E-state index in [-0.39, 0.29) is 23.8 Å². The van der Waals surface area contributed by atoms with E-state index in [4.69, 9.17) is 5.11 Å². The average Bonchev–Trinajstić information content (AvgIpc) is 2.29. The van der Waals surface area contributed by atoms with Gasteiger partial charge >= 0.3 is 0 Å². The van der Waals surface area contributed by atoms with Crippen LogP contribution in [0.4, 0.5) is 0 Å². The number of carbonyl (C=O) groups is 1. The Morgan fingerprint density at radius 2 is 1.88 bits per heavy atom. The van der Waals surface area contributed by atoms with Crippen molar-refractivity contribution in [2.75, 3.05) is 0 Å². The molecule has 0 radical (unpaired) electrons. The zero-order valence-electron chi connectivity index (χ0n) is 10.4. The van der Waals surface area contributed by atoms with Crippen LogP contribution in [0.15, 0.2) is 29.2 Å². The van der Waals surface area contributed by atoms with Crippen molar-refractivity contribution in [1.82, 2.24) is 5.32 Å². The summed E-state index contributed by atoms with van der Waals surface area (Å²) in [7, 11) is 0. The van der Waals surface area contributed by atoms with Gasteiger partial charge in [0.15, 0.2) is 0 Å². The molecular weight excluding hydrogens is 234 g/mol. The zero-order valence-corrected chi connectivity index (χ0v) is 11.3. The molecule has 94 valence electrons. The van der Waals surface area contributed by atoms with E-state index in [0.29, 0.717) is 0 Å². The van der Waals surface area contributed by atoms with Crippen molar-refractivity contribution in [2.45, 2.75) is 43.6 Å². The molecule has 0 heterocycles. The van der Waals surface area contributed by atoms with E-state index in [9.17, 15) is 4.79 Å². The second-order valence-electron chi connectivity index (χ2n) is 4.23. The van der Waals surface area contributed by atoms with E-state index in [1.807, 2.05) is 45.0 Å². The van der Waals surface area contributed by atoms with E-state index < -0.39 is 0 Å². The van der Waals surface area contributed by atoms with Gasteiger partial charge in [-0.1, -0.05) is 12.1 Å². The van der Waals surface area contributed by atoms with Gasteiger partial charge in [0.1, 0.15) is 0 Å². The monoisotopic (exact) mass is 253 g/mol. The zero-order chi connectivity index (χ0) is 12.8. The molecule has 1 aromatic rings. The summed E-state index contributed by atoms with van der Waals surface area (Å²) in [5.74, 6) is 0.0521. The van der Waals surface area contributed by atoms with Gasteiger partial charge in [-0.3, -0.25) is 4.79 Å². The molecule has 1 rings (SSSR count). The standard InChI is InChI=1S/C13H19NO2S/c1-9(2)14-13(16)10(3)17-12-6-4-11(8-15)5-7-12/h4-7,9-10,15H,8H2,1-3H3,(H,14,16). The maximum Gasteiger partial charge on any atom is 0.233 e. The Morgan fingerprint density at radius 3 is 2.35 bits per heavy atom. The molecule has 1 aromatic carbocycles. The maximum atomic E-state index is 11.7. The average molecular weight is 253 g/mol. The van der Waals surface area contributed by atoms with Crippen LogP contribution < -0.4 is 5.32 Å². The van der Waals surface area contributed by atoms with Gasteiger partial charge in [0.2, 0.25) is 5.91 Å². The minimum atomic E-state index is -0.114. The molecule has 0 saturated carbocycles. The number of hydrogen-bond donors (Lipinski definition) is 2. The van der Waals surface area contributed by atoms with Crippen LogP contribution in [0.25, 0.3) is 0 Å².